The van der Waals surface area contributed by atoms with Crippen molar-refractivity contribution in [3.63, 3.8) is 0 Å². The minimum Gasteiger partial charge on any atom is -0.461 e. The van der Waals surface area contributed by atoms with Gasteiger partial charge in [-0.2, -0.15) is 0 Å². The van der Waals surface area contributed by atoms with Gasteiger partial charge in [0.2, 0.25) is 5.91 Å². The zero-order valence-corrected chi connectivity index (χ0v) is 9.81. The van der Waals surface area contributed by atoms with E-state index in [1.54, 1.807) is 0 Å². The van der Waals surface area contributed by atoms with Crippen molar-refractivity contribution < 1.29 is 23.1 Å². The normalized spacial score (nSPS) is 10.5. The van der Waals surface area contributed by atoms with Crippen LogP contribution in [0.1, 0.15) is 29.5 Å². The van der Waals surface area contributed by atoms with Crippen LogP contribution in [0.5, 0.6) is 0 Å². The molecular formula is C9H12F2N4O3. The summed E-state index contributed by atoms with van der Waals surface area (Å²) in [5.74, 6) is -1.52. The van der Waals surface area contributed by atoms with Crippen LogP contribution in [0.4, 0.5) is 8.78 Å². The fourth-order valence-electron chi connectivity index (χ4n) is 1.21. The number of carbonyl (C=O) groups is 2. The summed E-state index contributed by atoms with van der Waals surface area (Å²) >= 11 is 0. The lowest BCUT2D eigenvalue weighted by Gasteiger charge is -2.05. The van der Waals surface area contributed by atoms with Crippen LogP contribution < -0.4 is 5.32 Å². The van der Waals surface area contributed by atoms with Crippen LogP contribution in [0.15, 0.2) is 0 Å². The van der Waals surface area contributed by atoms with Crippen molar-refractivity contribution in [1.82, 2.24) is 20.3 Å². The van der Waals surface area contributed by atoms with Crippen LogP contribution in [0, 0.1) is 0 Å². The molecule has 0 saturated heterocycles. The van der Waals surface area contributed by atoms with Gasteiger partial charge in [-0.25, -0.2) is 18.3 Å². The lowest BCUT2D eigenvalue weighted by atomic mass is 10.3. The highest BCUT2D eigenvalue weighted by atomic mass is 19.3. The Hall–Kier alpha value is -2.06. The van der Waals surface area contributed by atoms with Gasteiger partial charge in [0.15, 0.2) is 5.69 Å². The average Bonchev–Trinajstić information content (AvgIpc) is 2.73. The molecule has 0 atom stereocenters. The van der Waals surface area contributed by atoms with E-state index in [9.17, 15) is 18.4 Å². The number of aromatic nitrogens is 3. The van der Waals surface area contributed by atoms with Crippen molar-refractivity contribution in [1.29, 1.82) is 0 Å². The van der Waals surface area contributed by atoms with Gasteiger partial charge in [0, 0.05) is 7.05 Å². The van der Waals surface area contributed by atoms with Crippen molar-refractivity contribution in [2.75, 3.05) is 13.7 Å². The molecule has 1 rings (SSSR count). The van der Waals surface area contributed by atoms with Gasteiger partial charge in [-0.05, 0) is 6.92 Å². The van der Waals surface area contributed by atoms with Crippen molar-refractivity contribution in [3.8, 4) is 0 Å². The molecule has 1 heterocycles. The summed E-state index contributed by atoms with van der Waals surface area (Å²) in [6.45, 7) is 1.13. The van der Waals surface area contributed by atoms with Crippen molar-refractivity contribution in [2.45, 2.75) is 19.9 Å². The van der Waals surface area contributed by atoms with E-state index < -0.39 is 36.2 Å². The number of likely N-dealkylation sites (N-methyl/N-ethyl adjacent to an activating group) is 1. The van der Waals surface area contributed by atoms with E-state index in [0.717, 1.165) is 0 Å². The summed E-state index contributed by atoms with van der Waals surface area (Å²) in [7, 11) is 1.35. The smallest absolute Gasteiger partial charge is 0.361 e. The molecule has 0 fully saturated rings. The van der Waals surface area contributed by atoms with E-state index >= 15 is 0 Å². The monoisotopic (exact) mass is 262 g/mol. The van der Waals surface area contributed by atoms with Crippen LogP contribution >= 0.6 is 0 Å². The molecule has 0 radical (unpaired) electrons. The summed E-state index contributed by atoms with van der Waals surface area (Å²) in [4.78, 5) is 22.5. The SMILES string of the molecule is CCOC(=O)c1nnn(CC(=O)NC)c1C(F)F. The Bertz CT molecular complexity index is 447. The quantitative estimate of drug-likeness (QED) is 0.763. The van der Waals surface area contributed by atoms with Crippen LogP contribution in [0.25, 0.3) is 0 Å². The Kier molecular flexibility index (Phi) is 4.69. The summed E-state index contributed by atoms with van der Waals surface area (Å²) in [5.41, 5.74) is -1.30. The predicted molar refractivity (Wildman–Crippen MR) is 55.0 cm³/mol. The number of carbonyl (C=O) groups excluding carboxylic acids is 2. The molecule has 18 heavy (non-hydrogen) atoms. The molecule has 0 aromatic carbocycles. The summed E-state index contributed by atoms with van der Waals surface area (Å²) in [6.07, 6.45) is -2.98. The number of halogens is 2. The van der Waals surface area contributed by atoms with Gasteiger partial charge in [0.1, 0.15) is 12.2 Å². The second-order valence-corrected chi connectivity index (χ2v) is 3.18. The van der Waals surface area contributed by atoms with Gasteiger partial charge in [-0.15, -0.1) is 5.10 Å². The first-order valence-electron chi connectivity index (χ1n) is 5.10. The Morgan fingerprint density at radius 3 is 2.67 bits per heavy atom. The molecule has 0 aliphatic heterocycles. The second kappa shape index (κ2) is 6.03. The standard InChI is InChI=1S/C9H12F2N4O3/c1-3-18-9(17)6-7(8(10)11)15(14-13-6)4-5(16)12-2/h8H,3-4H2,1-2H3,(H,12,16). The first-order valence-corrected chi connectivity index (χ1v) is 5.10. The number of amides is 1. The molecule has 100 valence electrons. The molecule has 7 nitrogen and oxygen atoms in total. The lowest BCUT2D eigenvalue weighted by molar-refractivity contribution is -0.121. The first-order chi connectivity index (χ1) is 8.51. The zero-order valence-electron chi connectivity index (χ0n) is 9.81. The molecule has 1 amide bonds. The molecule has 0 aliphatic carbocycles. The van der Waals surface area contributed by atoms with Gasteiger partial charge in [0.05, 0.1) is 6.61 Å². The number of esters is 1. The largest absolute Gasteiger partial charge is 0.461 e. The maximum atomic E-state index is 12.8. The average molecular weight is 262 g/mol. The van der Waals surface area contributed by atoms with Gasteiger partial charge in [-0.3, -0.25) is 4.79 Å². The Morgan fingerprint density at radius 2 is 2.17 bits per heavy atom. The highest BCUT2D eigenvalue weighted by molar-refractivity contribution is 5.88. The molecule has 0 unspecified atom stereocenters. The van der Waals surface area contributed by atoms with E-state index in [4.69, 9.17) is 0 Å². The van der Waals surface area contributed by atoms with Gasteiger partial charge in [0.25, 0.3) is 6.43 Å². The molecular weight excluding hydrogens is 250 g/mol. The fraction of sp³-hybridized carbons (Fsp3) is 0.556. The Balaban J connectivity index is 3.06. The molecule has 1 N–H and O–H groups in total. The summed E-state index contributed by atoms with van der Waals surface area (Å²) in [6, 6.07) is 0. The van der Waals surface area contributed by atoms with Gasteiger partial charge >= 0.3 is 5.97 Å². The van der Waals surface area contributed by atoms with Crippen molar-refractivity contribution >= 4 is 11.9 Å². The maximum absolute atomic E-state index is 12.8. The van der Waals surface area contributed by atoms with Crippen LogP contribution in [-0.4, -0.2) is 40.5 Å². The summed E-state index contributed by atoms with van der Waals surface area (Å²) < 4.78 is 30.9. The Labute approximate surface area is 101 Å². The van der Waals surface area contributed by atoms with E-state index in [-0.39, 0.29) is 6.61 Å². The maximum Gasteiger partial charge on any atom is 0.361 e. The van der Waals surface area contributed by atoms with Crippen molar-refractivity contribution in [3.05, 3.63) is 11.4 Å². The zero-order chi connectivity index (χ0) is 13.7. The van der Waals surface area contributed by atoms with E-state index in [1.807, 2.05) is 0 Å². The minimum absolute atomic E-state index is 0.0316. The third-order valence-electron chi connectivity index (χ3n) is 2.02. The molecule has 1 aromatic heterocycles. The number of rotatable bonds is 5. The Morgan fingerprint density at radius 1 is 1.50 bits per heavy atom. The third-order valence-corrected chi connectivity index (χ3v) is 2.02. The van der Waals surface area contributed by atoms with Crippen LogP contribution in [0.2, 0.25) is 0 Å². The van der Waals surface area contributed by atoms with E-state index in [1.165, 1.54) is 14.0 Å². The number of hydrogen-bond donors (Lipinski definition) is 1. The number of nitrogens with one attached hydrogen (secondary N) is 1. The van der Waals surface area contributed by atoms with E-state index in [0.29, 0.717) is 4.68 Å². The lowest BCUT2D eigenvalue weighted by Crippen LogP contribution is -2.25. The van der Waals surface area contributed by atoms with Gasteiger partial charge in [-0.1, -0.05) is 5.21 Å². The first kappa shape index (κ1) is 14.0. The second-order valence-electron chi connectivity index (χ2n) is 3.18. The number of ether oxygens (including phenoxy) is 1. The molecule has 1 aromatic rings. The molecule has 0 spiro atoms. The number of hydrogen-bond acceptors (Lipinski definition) is 5. The van der Waals surface area contributed by atoms with E-state index in [2.05, 4.69) is 20.4 Å². The molecule has 0 saturated carbocycles. The molecule has 0 bridgehead atoms. The molecule has 9 heteroatoms. The third kappa shape index (κ3) is 2.99. The highest BCUT2D eigenvalue weighted by Crippen LogP contribution is 2.21. The summed E-state index contributed by atoms with van der Waals surface area (Å²) in [5, 5.41) is 8.93. The minimum atomic E-state index is -2.98. The van der Waals surface area contributed by atoms with Crippen LogP contribution in [-0.2, 0) is 16.1 Å². The fourth-order valence-corrected chi connectivity index (χ4v) is 1.21. The number of nitrogens with zero attached hydrogens (tertiary/aromatic N) is 3. The highest BCUT2D eigenvalue weighted by Gasteiger charge is 2.28. The molecule has 0 aliphatic rings. The van der Waals surface area contributed by atoms with Crippen LogP contribution in [0.3, 0.4) is 0 Å². The van der Waals surface area contributed by atoms with Crippen molar-refractivity contribution in [2.24, 2.45) is 0 Å². The van der Waals surface area contributed by atoms with Gasteiger partial charge < -0.3 is 10.1 Å². The number of alkyl halides is 2. The topological polar surface area (TPSA) is 86.1 Å². The predicted octanol–water partition coefficient (Wildman–Crippen LogP) is 0.138.